The van der Waals surface area contributed by atoms with Gasteiger partial charge in [-0.3, -0.25) is 0 Å². The van der Waals surface area contributed by atoms with Crippen molar-refractivity contribution in [3.8, 4) is 11.5 Å². The minimum atomic E-state index is 0.106. The van der Waals surface area contributed by atoms with Crippen molar-refractivity contribution in [2.45, 2.75) is 13.8 Å². The van der Waals surface area contributed by atoms with Crippen molar-refractivity contribution in [3.05, 3.63) is 35.9 Å². The fourth-order valence-electron chi connectivity index (χ4n) is 0.828. The Morgan fingerprint density at radius 1 is 1.62 bits per heavy atom. The van der Waals surface area contributed by atoms with Gasteiger partial charge in [0.2, 0.25) is 0 Å². The second-order valence-electron chi connectivity index (χ2n) is 3.00. The predicted molar refractivity (Wildman–Crippen MR) is 51.9 cm³/mol. The second-order valence-corrected chi connectivity index (χ2v) is 3.00. The van der Waals surface area contributed by atoms with Gasteiger partial charge in [-0.15, -0.1) is 0 Å². The minimum Gasteiger partial charge on any atom is -0.507 e. The Labute approximate surface area is 78.5 Å². The molecule has 0 amide bonds. The summed E-state index contributed by atoms with van der Waals surface area (Å²) in [5.74, 6) is 0.767. The van der Waals surface area contributed by atoms with Crippen LogP contribution < -0.4 is 4.74 Å². The fourth-order valence-corrected chi connectivity index (χ4v) is 0.828. The molecule has 0 aliphatic carbocycles. The van der Waals surface area contributed by atoms with Crippen LogP contribution in [0, 0.1) is 6.07 Å². The average Bonchev–Trinajstić information content (AvgIpc) is 2.03. The van der Waals surface area contributed by atoms with E-state index >= 15 is 0 Å². The zero-order valence-corrected chi connectivity index (χ0v) is 7.87. The van der Waals surface area contributed by atoms with E-state index in [-0.39, 0.29) is 5.75 Å². The van der Waals surface area contributed by atoms with Gasteiger partial charge < -0.3 is 9.84 Å². The maximum absolute atomic E-state index is 9.07. The number of benzene rings is 1. The maximum atomic E-state index is 9.07. The highest BCUT2D eigenvalue weighted by Gasteiger charge is 1.93. The lowest BCUT2D eigenvalue weighted by Gasteiger charge is -2.02. The molecular weight excluding hydrogens is 164 g/mol. The highest BCUT2D eigenvalue weighted by molar-refractivity contribution is 5.30. The third kappa shape index (κ3) is 3.65. The molecular formula is C11H13O2. The van der Waals surface area contributed by atoms with Gasteiger partial charge in [0.15, 0.2) is 0 Å². The highest BCUT2D eigenvalue weighted by atomic mass is 16.5. The number of phenols is 1. The van der Waals surface area contributed by atoms with Crippen LogP contribution in [0.15, 0.2) is 29.8 Å². The van der Waals surface area contributed by atoms with Crippen LogP contribution in [0.25, 0.3) is 0 Å². The lowest BCUT2D eigenvalue weighted by molar-refractivity contribution is 0.358. The standard InChI is InChI=1S/C11H13O2/c1-9(2)6-7-13-11-5-3-4-10(12)8-11/h3,5-6,8,12H,7H2,1-2H3. The van der Waals surface area contributed by atoms with Crippen molar-refractivity contribution in [3.63, 3.8) is 0 Å². The molecule has 0 aliphatic heterocycles. The molecule has 0 saturated heterocycles. The van der Waals surface area contributed by atoms with Gasteiger partial charge in [-0.1, -0.05) is 5.57 Å². The number of phenolic OH excluding ortho intramolecular Hbond substituents is 1. The Morgan fingerprint density at radius 2 is 2.38 bits per heavy atom. The van der Waals surface area contributed by atoms with Gasteiger partial charge in [-0.2, -0.15) is 0 Å². The Balaban J connectivity index is 2.50. The van der Waals surface area contributed by atoms with Gasteiger partial charge in [0.1, 0.15) is 18.1 Å². The van der Waals surface area contributed by atoms with Crippen molar-refractivity contribution >= 4 is 0 Å². The van der Waals surface area contributed by atoms with Gasteiger partial charge >= 0.3 is 0 Å². The Morgan fingerprint density at radius 3 is 3.00 bits per heavy atom. The molecule has 69 valence electrons. The summed E-state index contributed by atoms with van der Waals surface area (Å²) in [7, 11) is 0. The van der Waals surface area contributed by atoms with Crippen molar-refractivity contribution in [2.24, 2.45) is 0 Å². The largest absolute Gasteiger partial charge is 0.507 e. The molecule has 0 spiro atoms. The van der Waals surface area contributed by atoms with Crippen LogP contribution in [0.4, 0.5) is 0 Å². The smallest absolute Gasteiger partial charge is 0.127 e. The highest BCUT2D eigenvalue weighted by Crippen LogP contribution is 2.16. The molecule has 1 rings (SSSR count). The first-order valence-corrected chi connectivity index (χ1v) is 4.15. The molecule has 0 fully saturated rings. The average molecular weight is 177 g/mol. The quantitative estimate of drug-likeness (QED) is 0.719. The molecule has 1 N–H and O–H groups in total. The zero-order chi connectivity index (χ0) is 9.68. The van der Waals surface area contributed by atoms with Crippen molar-refractivity contribution in [2.75, 3.05) is 6.61 Å². The Bertz CT molecular complexity index is 299. The fraction of sp³-hybridized carbons (Fsp3) is 0.273. The molecule has 0 aliphatic rings. The summed E-state index contributed by atoms with van der Waals surface area (Å²) in [6.07, 6.45) is 1.98. The normalized spacial score (nSPS) is 9.38. The molecule has 1 aromatic carbocycles. The Kier molecular flexibility index (Phi) is 3.38. The summed E-state index contributed by atoms with van der Waals surface area (Å²) in [5, 5.41) is 9.07. The molecule has 0 atom stereocenters. The molecule has 13 heavy (non-hydrogen) atoms. The van der Waals surface area contributed by atoms with E-state index in [0.29, 0.717) is 12.4 Å². The summed E-state index contributed by atoms with van der Waals surface area (Å²) in [6, 6.07) is 7.57. The van der Waals surface area contributed by atoms with Crippen molar-refractivity contribution in [1.29, 1.82) is 0 Å². The molecule has 1 radical (unpaired) electrons. The van der Waals surface area contributed by atoms with E-state index in [1.54, 1.807) is 18.2 Å². The number of rotatable bonds is 3. The summed E-state index contributed by atoms with van der Waals surface area (Å²) in [5.41, 5.74) is 1.21. The van der Waals surface area contributed by atoms with E-state index in [1.807, 2.05) is 19.9 Å². The number of hydrogen-bond acceptors (Lipinski definition) is 2. The van der Waals surface area contributed by atoms with Gasteiger partial charge in [0.05, 0.1) is 0 Å². The van der Waals surface area contributed by atoms with Crippen molar-refractivity contribution in [1.82, 2.24) is 0 Å². The number of ether oxygens (including phenoxy) is 1. The van der Waals surface area contributed by atoms with Crippen LogP contribution in [0.5, 0.6) is 11.5 Å². The molecule has 2 nitrogen and oxygen atoms in total. The van der Waals surface area contributed by atoms with Crippen LogP contribution in [0.3, 0.4) is 0 Å². The van der Waals surface area contributed by atoms with Crippen molar-refractivity contribution < 1.29 is 9.84 Å². The summed E-state index contributed by atoms with van der Waals surface area (Å²) in [4.78, 5) is 0. The molecule has 0 heterocycles. The SMILES string of the molecule is CC(C)=CCOc1cc[c]c(O)c1. The van der Waals surface area contributed by atoms with E-state index in [4.69, 9.17) is 9.84 Å². The third-order valence-electron chi connectivity index (χ3n) is 1.50. The lowest BCUT2D eigenvalue weighted by atomic mass is 10.3. The van der Waals surface area contributed by atoms with E-state index in [1.165, 1.54) is 5.57 Å². The second kappa shape index (κ2) is 4.55. The van der Waals surface area contributed by atoms with E-state index in [9.17, 15) is 0 Å². The van der Waals surface area contributed by atoms with Crippen LogP contribution in [0.2, 0.25) is 0 Å². The predicted octanol–water partition coefficient (Wildman–Crippen LogP) is 2.54. The van der Waals surface area contributed by atoms with E-state index in [0.717, 1.165) is 0 Å². The zero-order valence-electron chi connectivity index (χ0n) is 7.87. The first-order chi connectivity index (χ1) is 6.18. The van der Waals surface area contributed by atoms with Gasteiger partial charge in [-0.05, 0) is 32.1 Å². The first-order valence-electron chi connectivity index (χ1n) is 4.15. The monoisotopic (exact) mass is 177 g/mol. The van der Waals surface area contributed by atoms with E-state index < -0.39 is 0 Å². The third-order valence-corrected chi connectivity index (χ3v) is 1.50. The first kappa shape index (κ1) is 9.65. The molecule has 0 bridgehead atoms. The number of allylic oxidation sites excluding steroid dienone is 1. The topological polar surface area (TPSA) is 29.5 Å². The molecule has 1 aromatic rings. The van der Waals surface area contributed by atoms with Gasteiger partial charge in [-0.25, -0.2) is 0 Å². The number of aromatic hydroxyl groups is 1. The molecule has 0 aromatic heterocycles. The van der Waals surface area contributed by atoms with E-state index in [2.05, 4.69) is 6.07 Å². The minimum absolute atomic E-state index is 0.106. The summed E-state index contributed by atoms with van der Waals surface area (Å²) < 4.78 is 5.34. The summed E-state index contributed by atoms with van der Waals surface area (Å²) in [6.45, 7) is 4.56. The summed E-state index contributed by atoms with van der Waals surface area (Å²) >= 11 is 0. The molecule has 0 unspecified atom stereocenters. The molecule has 2 heteroatoms. The number of hydrogen-bond donors (Lipinski definition) is 1. The maximum Gasteiger partial charge on any atom is 0.127 e. The van der Waals surface area contributed by atoms with Gasteiger partial charge in [0.25, 0.3) is 0 Å². The Hall–Kier alpha value is -1.44. The van der Waals surface area contributed by atoms with Crippen LogP contribution in [-0.4, -0.2) is 11.7 Å². The van der Waals surface area contributed by atoms with Crippen LogP contribution in [0.1, 0.15) is 13.8 Å². The van der Waals surface area contributed by atoms with Crippen LogP contribution >= 0.6 is 0 Å². The van der Waals surface area contributed by atoms with Crippen LogP contribution in [-0.2, 0) is 0 Å². The molecule has 0 saturated carbocycles. The van der Waals surface area contributed by atoms with Gasteiger partial charge in [0, 0.05) is 12.1 Å². The lowest BCUT2D eigenvalue weighted by Crippen LogP contribution is -1.93.